The standard InChI is InChI=1S/C12H8BrN3O/c1-8-2-3-9(13)6-11(8)17-12-15-5-4-10(7-14)16-12/h2-6H,1H3. The number of aromatic nitrogens is 2. The lowest BCUT2D eigenvalue weighted by molar-refractivity contribution is 0.438. The summed E-state index contributed by atoms with van der Waals surface area (Å²) in [6.07, 6.45) is 1.49. The minimum Gasteiger partial charge on any atom is -0.424 e. The van der Waals surface area contributed by atoms with E-state index in [-0.39, 0.29) is 11.7 Å². The topological polar surface area (TPSA) is 58.8 Å². The first-order valence-electron chi connectivity index (χ1n) is 4.86. The SMILES string of the molecule is Cc1ccc(Br)cc1Oc1nccc(C#N)n1. The van der Waals surface area contributed by atoms with Gasteiger partial charge in [0.05, 0.1) is 0 Å². The van der Waals surface area contributed by atoms with Crippen molar-refractivity contribution >= 4 is 15.9 Å². The highest BCUT2D eigenvalue weighted by Gasteiger charge is 2.05. The normalized spacial score (nSPS) is 9.71. The molecule has 0 fully saturated rings. The van der Waals surface area contributed by atoms with Crippen molar-refractivity contribution in [1.29, 1.82) is 5.26 Å². The monoisotopic (exact) mass is 289 g/mol. The Bertz CT molecular complexity index is 593. The summed E-state index contributed by atoms with van der Waals surface area (Å²) >= 11 is 3.36. The van der Waals surface area contributed by atoms with E-state index < -0.39 is 0 Å². The second kappa shape index (κ2) is 4.93. The summed E-state index contributed by atoms with van der Waals surface area (Å²) in [4.78, 5) is 7.90. The van der Waals surface area contributed by atoms with Crippen molar-refractivity contribution in [2.75, 3.05) is 0 Å². The molecule has 0 aliphatic rings. The van der Waals surface area contributed by atoms with Crippen molar-refractivity contribution in [3.05, 3.63) is 46.2 Å². The predicted molar refractivity (Wildman–Crippen MR) is 65.7 cm³/mol. The number of nitriles is 1. The molecular weight excluding hydrogens is 282 g/mol. The molecule has 1 aromatic heterocycles. The van der Waals surface area contributed by atoms with Gasteiger partial charge in [-0.05, 0) is 30.7 Å². The van der Waals surface area contributed by atoms with Crippen LogP contribution in [-0.2, 0) is 0 Å². The van der Waals surface area contributed by atoms with E-state index in [1.807, 2.05) is 31.2 Å². The Balaban J connectivity index is 2.31. The molecule has 2 aromatic rings. The molecule has 0 radical (unpaired) electrons. The first-order chi connectivity index (χ1) is 8.19. The van der Waals surface area contributed by atoms with Crippen LogP contribution in [0.25, 0.3) is 0 Å². The van der Waals surface area contributed by atoms with Gasteiger partial charge < -0.3 is 4.74 Å². The number of hydrogen-bond donors (Lipinski definition) is 0. The second-order valence-corrected chi connectivity index (χ2v) is 4.26. The molecule has 0 aliphatic carbocycles. The molecule has 1 heterocycles. The maximum atomic E-state index is 8.72. The average Bonchev–Trinajstić information content (AvgIpc) is 2.34. The Hall–Kier alpha value is -1.93. The van der Waals surface area contributed by atoms with Gasteiger partial charge in [0.25, 0.3) is 0 Å². The molecule has 0 spiro atoms. The van der Waals surface area contributed by atoms with Gasteiger partial charge in [0.1, 0.15) is 17.5 Å². The van der Waals surface area contributed by atoms with Crippen LogP contribution in [-0.4, -0.2) is 9.97 Å². The first kappa shape index (κ1) is 11.6. The van der Waals surface area contributed by atoms with Crippen molar-refractivity contribution in [2.45, 2.75) is 6.92 Å². The highest BCUT2D eigenvalue weighted by molar-refractivity contribution is 9.10. The van der Waals surface area contributed by atoms with Gasteiger partial charge in [0.15, 0.2) is 0 Å². The van der Waals surface area contributed by atoms with Crippen molar-refractivity contribution in [3.8, 4) is 17.8 Å². The second-order valence-electron chi connectivity index (χ2n) is 3.35. The highest BCUT2D eigenvalue weighted by atomic mass is 79.9. The summed E-state index contributed by atoms with van der Waals surface area (Å²) < 4.78 is 6.44. The quantitative estimate of drug-likeness (QED) is 0.852. The Morgan fingerprint density at radius 1 is 1.35 bits per heavy atom. The molecule has 0 saturated heterocycles. The van der Waals surface area contributed by atoms with Gasteiger partial charge in [-0.2, -0.15) is 10.2 Å². The van der Waals surface area contributed by atoms with E-state index in [4.69, 9.17) is 10.00 Å². The van der Waals surface area contributed by atoms with Crippen LogP contribution in [0.5, 0.6) is 11.8 Å². The first-order valence-corrected chi connectivity index (χ1v) is 5.65. The van der Waals surface area contributed by atoms with Gasteiger partial charge in [0, 0.05) is 10.7 Å². The fourth-order valence-corrected chi connectivity index (χ4v) is 1.57. The third kappa shape index (κ3) is 2.80. The summed E-state index contributed by atoms with van der Waals surface area (Å²) in [5.74, 6) is 0.662. The molecule has 0 bridgehead atoms. The van der Waals surface area contributed by atoms with Crippen LogP contribution in [0.2, 0.25) is 0 Å². The van der Waals surface area contributed by atoms with Crippen LogP contribution in [0.15, 0.2) is 34.9 Å². The smallest absolute Gasteiger partial charge is 0.323 e. The summed E-state index contributed by atoms with van der Waals surface area (Å²) in [5, 5.41) is 8.72. The number of benzene rings is 1. The molecule has 4 nitrogen and oxygen atoms in total. The molecule has 1 aromatic carbocycles. The number of hydrogen-bond acceptors (Lipinski definition) is 4. The molecule has 0 atom stereocenters. The fraction of sp³-hybridized carbons (Fsp3) is 0.0833. The van der Waals surface area contributed by atoms with Crippen LogP contribution < -0.4 is 4.74 Å². The third-order valence-electron chi connectivity index (χ3n) is 2.10. The summed E-state index contributed by atoms with van der Waals surface area (Å²) in [5.41, 5.74) is 1.25. The van der Waals surface area contributed by atoms with E-state index >= 15 is 0 Å². The van der Waals surface area contributed by atoms with Crippen LogP contribution in [0.3, 0.4) is 0 Å². The van der Waals surface area contributed by atoms with E-state index in [1.54, 1.807) is 0 Å². The number of halogens is 1. The van der Waals surface area contributed by atoms with E-state index in [2.05, 4.69) is 25.9 Å². The van der Waals surface area contributed by atoms with E-state index in [9.17, 15) is 0 Å². The van der Waals surface area contributed by atoms with Gasteiger partial charge in [0.2, 0.25) is 0 Å². The Kier molecular flexibility index (Phi) is 3.35. The van der Waals surface area contributed by atoms with Gasteiger partial charge in [-0.25, -0.2) is 4.98 Å². The molecule has 5 heteroatoms. The number of rotatable bonds is 2. The molecule has 0 unspecified atom stereocenters. The van der Waals surface area contributed by atoms with Gasteiger partial charge >= 0.3 is 6.01 Å². The number of nitrogens with zero attached hydrogens (tertiary/aromatic N) is 3. The van der Waals surface area contributed by atoms with E-state index in [0.29, 0.717) is 5.75 Å². The average molecular weight is 290 g/mol. The van der Waals surface area contributed by atoms with Crippen molar-refractivity contribution < 1.29 is 4.74 Å². The lowest BCUT2D eigenvalue weighted by atomic mass is 10.2. The zero-order valence-electron chi connectivity index (χ0n) is 9.01. The number of ether oxygens (including phenoxy) is 1. The van der Waals surface area contributed by atoms with Crippen LogP contribution in [0.4, 0.5) is 0 Å². The molecule has 0 aliphatic heterocycles. The molecular formula is C12H8BrN3O. The number of aryl methyl sites for hydroxylation is 1. The highest BCUT2D eigenvalue weighted by Crippen LogP contribution is 2.26. The molecule has 2 rings (SSSR count). The molecule has 17 heavy (non-hydrogen) atoms. The molecule has 0 N–H and O–H groups in total. The zero-order chi connectivity index (χ0) is 12.3. The summed E-state index contributed by atoms with van der Waals surface area (Å²) in [6.45, 7) is 1.93. The summed E-state index contributed by atoms with van der Waals surface area (Å²) in [7, 11) is 0. The Morgan fingerprint density at radius 3 is 2.94 bits per heavy atom. The Labute approximate surface area is 107 Å². The molecule has 0 amide bonds. The maximum Gasteiger partial charge on any atom is 0.323 e. The third-order valence-corrected chi connectivity index (χ3v) is 2.59. The van der Waals surface area contributed by atoms with Crippen LogP contribution >= 0.6 is 15.9 Å². The minimum absolute atomic E-state index is 0.172. The van der Waals surface area contributed by atoms with Gasteiger partial charge in [-0.1, -0.05) is 22.0 Å². The van der Waals surface area contributed by atoms with Crippen molar-refractivity contribution in [1.82, 2.24) is 9.97 Å². The maximum absolute atomic E-state index is 8.72. The Morgan fingerprint density at radius 2 is 2.18 bits per heavy atom. The predicted octanol–water partition coefficient (Wildman–Crippen LogP) is 3.21. The molecule has 84 valence electrons. The van der Waals surface area contributed by atoms with Crippen LogP contribution in [0.1, 0.15) is 11.3 Å². The fourth-order valence-electron chi connectivity index (χ4n) is 1.23. The van der Waals surface area contributed by atoms with Crippen molar-refractivity contribution in [3.63, 3.8) is 0 Å². The zero-order valence-corrected chi connectivity index (χ0v) is 10.6. The lowest BCUT2D eigenvalue weighted by Gasteiger charge is -2.06. The van der Waals surface area contributed by atoms with Gasteiger partial charge in [-0.15, -0.1) is 0 Å². The lowest BCUT2D eigenvalue weighted by Crippen LogP contribution is -1.94. The van der Waals surface area contributed by atoms with Gasteiger partial charge in [-0.3, -0.25) is 0 Å². The van der Waals surface area contributed by atoms with E-state index in [0.717, 1.165) is 10.0 Å². The van der Waals surface area contributed by atoms with Crippen molar-refractivity contribution in [2.24, 2.45) is 0 Å². The largest absolute Gasteiger partial charge is 0.424 e. The van der Waals surface area contributed by atoms with Crippen LogP contribution in [0, 0.1) is 18.3 Å². The summed E-state index contributed by atoms with van der Waals surface area (Å²) in [6, 6.07) is 9.32. The minimum atomic E-state index is 0.172. The van der Waals surface area contributed by atoms with E-state index in [1.165, 1.54) is 12.3 Å². The molecule has 0 saturated carbocycles.